The van der Waals surface area contributed by atoms with Crippen molar-refractivity contribution in [3.63, 3.8) is 0 Å². The summed E-state index contributed by atoms with van der Waals surface area (Å²) in [5, 5.41) is 28.5. The largest absolute Gasteiger partial charge is 0.512 e. The third kappa shape index (κ3) is 9.93. The van der Waals surface area contributed by atoms with Gasteiger partial charge in [0.25, 0.3) is 0 Å². The summed E-state index contributed by atoms with van der Waals surface area (Å²) in [5.74, 6) is 0.104. The van der Waals surface area contributed by atoms with Crippen molar-refractivity contribution in [2.45, 2.75) is 94.3 Å². The van der Waals surface area contributed by atoms with Crippen LogP contribution in [0.1, 0.15) is 82.1 Å². The van der Waals surface area contributed by atoms with Gasteiger partial charge in [0.15, 0.2) is 5.78 Å². The van der Waals surface area contributed by atoms with Crippen LogP contribution in [0.2, 0.25) is 0 Å². The molecule has 2 atom stereocenters. The van der Waals surface area contributed by atoms with E-state index in [0.29, 0.717) is 0 Å². The van der Waals surface area contributed by atoms with E-state index in [1.807, 2.05) is 55.4 Å². The Hall–Kier alpha value is -0.156. The molecule has 2 unspecified atom stereocenters. The van der Waals surface area contributed by atoms with Crippen LogP contribution in [0.15, 0.2) is 11.8 Å². The van der Waals surface area contributed by atoms with Crippen LogP contribution in [-0.4, -0.2) is 33.3 Å². The average molecular weight is 392 g/mol. The molecule has 0 aliphatic carbocycles. The van der Waals surface area contributed by atoms with E-state index >= 15 is 0 Å². The molecule has 0 spiro atoms. The minimum atomic E-state index is -0.433. The van der Waals surface area contributed by atoms with Crippen molar-refractivity contribution in [1.29, 1.82) is 0 Å². The fourth-order valence-corrected chi connectivity index (χ4v) is 2.34. The van der Waals surface area contributed by atoms with Gasteiger partial charge in [-0.15, -0.1) is 0 Å². The summed E-state index contributed by atoms with van der Waals surface area (Å²) in [6, 6.07) is 0. The summed E-state index contributed by atoms with van der Waals surface area (Å²) in [4.78, 5) is 11.5. The van der Waals surface area contributed by atoms with Crippen LogP contribution in [0.3, 0.4) is 0 Å². The summed E-state index contributed by atoms with van der Waals surface area (Å²) in [5.41, 5.74) is -1.07. The van der Waals surface area contributed by atoms with Gasteiger partial charge < -0.3 is 15.3 Å². The zero-order chi connectivity index (χ0) is 19.9. The van der Waals surface area contributed by atoms with Crippen LogP contribution < -0.4 is 0 Å². The van der Waals surface area contributed by atoms with E-state index in [0.717, 1.165) is 12.8 Å². The summed E-state index contributed by atoms with van der Waals surface area (Å²) in [7, 11) is 0. The second-order valence-corrected chi connectivity index (χ2v) is 8.69. The second-order valence-electron chi connectivity index (χ2n) is 8.69. The van der Waals surface area contributed by atoms with Crippen molar-refractivity contribution in [2.75, 3.05) is 0 Å². The van der Waals surface area contributed by atoms with Crippen LogP contribution in [0.5, 0.6) is 0 Å². The molecule has 0 rings (SSSR count). The molecule has 0 saturated carbocycles. The van der Waals surface area contributed by atoms with E-state index in [-0.39, 0.29) is 44.1 Å². The summed E-state index contributed by atoms with van der Waals surface area (Å²) < 4.78 is 0. The maximum Gasteiger partial charge on any atom is 0.164 e. The van der Waals surface area contributed by atoms with E-state index in [2.05, 4.69) is 0 Å². The van der Waals surface area contributed by atoms with Crippen LogP contribution in [-0.2, 0) is 26.5 Å². The van der Waals surface area contributed by atoms with Crippen molar-refractivity contribution in [2.24, 2.45) is 16.2 Å². The van der Waals surface area contributed by atoms with Gasteiger partial charge in [0.2, 0.25) is 0 Å². The molecule has 25 heavy (non-hydrogen) atoms. The molecule has 0 heterocycles. The van der Waals surface area contributed by atoms with Crippen LogP contribution in [0.25, 0.3) is 0 Å². The first kappa shape index (κ1) is 29.6. The molecule has 0 saturated heterocycles. The molecular weight excluding hydrogens is 352 g/mol. The van der Waals surface area contributed by atoms with Gasteiger partial charge in [-0.1, -0.05) is 55.4 Å². The Kier molecular flexibility index (Phi) is 13.7. The van der Waals surface area contributed by atoms with Crippen molar-refractivity contribution >= 4 is 5.78 Å². The standard InChI is InChI=1S/C11H20O2.C9H20O2.Ti/c1-10(2,3)8(12)7-9(13)11(4,5)6;1-5-9(6-2,7(3)10)8(4)11;/h7,12H,1-6H3;7-8,10-11H,5-6H2,1-4H3;/b8-7-;;. The van der Waals surface area contributed by atoms with Gasteiger partial charge in [0.05, 0.1) is 12.2 Å². The Bertz CT molecular complexity index is 398. The predicted molar refractivity (Wildman–Crippen MR) is 101 cm³/mol. The number of allylic oxidation sites excluding steroid dienone is 2. The van der Waals surface area contributed by atoms with E-state index < -0.39 is 17.6 Å². The Morgan fingerprint density at radius 2 is 1.20 bits per heavy atom. The smallest absolute Gasteiger partial charge is 0.164 e. The molecule has 4 nitrogen and oxygen atoms in total. The zero-order valence-corrected chi connectivity index (χ0v) is 19.5. The molecule has 0 bridgehead atoms. The Morgan fingerprint density at radius 1 is 0.880 bits per heavy atom. The molecular formula is C20H40O4Ti. The maximum absolute atomic E-state index is 11.5. The Morgan fingerprint density at radius 3 is 1.32 bits per heavy atom. The van der Waals surface area contributed by atoms with Gasteiger partial charge >= 0.3 is 0 Å². The molecule has 0 aromatic heterocycles. The molecule has 0 fully saturated rings. The summed E-state index contributed by atoms with van der Waals surface area (Å²) in [6.45, 7) is 18.6. The molecule has 0 aromatic carbocycles. The van der Waals surface area contributed by atoms with Crippen molar-refractivity contribution in [3.8, 4) is 0 Å². The molecule has 0 radical (unpaired) electrons. The second kappa shape index (κ2) is 11.5. The summed E-state index contributed by atoms with van der Waals surface area (Å²) in [6.07, 6.45) is 2.10. The number of aliphatic hydroxyl groups is 3. The first-order valence-electron chi connectivity index (χ1n) is 8.87. The third-order valence-corrected chi connectivity index (χ3v) is 4.76. The quantitative estimate of drug-likeness (QED) is 0.362. The topological polar surface area (TPSA) is 77.8 Å². The number of carbonyl (C=O) groups excluding carboxylic acids is 1. The molecule has 0 aliphatic rings. The van der Waals surface area contributed by atoms with E-state index in [1.54, 1.807) is 13.8 Å². The van der Waals surface area contributed by atoms with Gasteiger partial charge in [-0.05, 0) is 26.7 Å². The molecule has 148 valence electrons. The normalized spacial score (nSPS) is 15.4. The molecule has 3 N–H and O–H groups in total. The van der Waals surface area contributed by atoms with E-state index in [9.17, 15) is 20.1 Å². The Balaban J connectivity index is -0.000000377. The van der Waals surface area contributed by atoms with Crippen LogP contribution in [0, 0.1) is 16.2 Å². The Labute approximate surface area is 170 Å². The fraction of sp³-hybridized carbons (Fsp3) is 0.850. The van der Waals surface area contributed by atoms with Crippen LogP contribution >= 0.6 is 0 Å². The number of rotatable bonds is 5. The van der Waals surface area contributed by atoms with Crippen molar-refractivity contribution in [3.05, 3.63) is 11.8 Å². The van der Waals surface area contributed by atoms with Crippen LogP contribution in [0.4, 0.5) is 0 Å². The predicted octanol–water partition coefficient (Wildman–Crippen LogP) is 4.64. The number of aliphatic hydroxyl groups excluding tert-OH is 3. The summed E-state index contributed by atoms with van der Waals surface area (Å²) >= 11 is 0. The SMILES string of the molecule is CC(C)(C)C(=O)/C=C(\O)C(C)(C)C.CCC(CC)(C(C)O)C(C)O.[Ti]. The first-order valence-corrected chi connectivity index (χ1v) is 8.87. The van der Waals surface area contributed by atoms with E-state index in [4.69, 9.17) is 0 Å². The van der Waals surface area contributed by atoms with Gasteiger partial charge in [-0.25, -0.2) is 0 Å². The van der Waals surface area contributed by atoms with Crippen molar-refractivity contribution in [1.82, 2.24) is 0 Å². The van der Waals surface area contributed by atoms with Crippen molar-refractivity contribution < 1.29 is 41.8 Å². The van der Waals surface area contributed by atoms with E-state index in [1.165, 1.54) is 6.08 Å². The minimum Gasteiger partial charge on any atom is -0.512 e. The number of hydrogen-bond acceptors (Lipinski definition) is 4. The minimum absolute atomic E-state index is 0. The first-order chi connectivity index (χ1) is 10.6. The monoisotopic (exact) mass is 392 g/mol. The van der Waals surface area contributed by atoms with Gasteiger partial charge in [-0.3, -0.25) is 4.79 Å². The third-order valence-electron chi connectivity index (χ3n) is 4.76. The zero-order valence-electron chi connectivity index (χ0n) is 17.9. The fourth-order valence-electron chi connectivity index (χ4n) is 2.34. The average Bonchev–Trinajstić information content (AvgIpc) is 2.38. The number of carbonyl (C=O) groups is 1. The molecule has 0 aromatic rings. The number of hydrogen-bond donors (Lipinski definition) is 3. The maximum atomic E-state index is 11.5. The molecule has 5 heteroatoms. The van der Waals surface area contributed by atoms with Gasteiger partial charge in [-0.2, -0.15) is 0 Å². The number of ketones is 1. The van der Waals surface area contributed by atoms with Gasteiger partial charge in [0, 0.05) is 44.0 Å². The van der Waals surface area contributed by atoms with Gasteiger partial charge in [0.1, 0.15) is 5.76 Å². The molecule has 0 amide bonds. The molecule has 0 aliphatic heterocycles.